The summed E-state index contributed by atoms with van der Waals surface area (Å²) < 4.78 is 14.7. The van der Waals surface area contributed by atoms with Crippen LogP contribution in [-0.2, 0) is 9.53 Å². The van der Waals surface area contributed by atoms with Gasteiger partial charge in [0.25, 0.3) is 5.91 Å². The number of furan rings is 1. The Balaban J connectivity index is 1.81. The lowest BCUT2D eigenvalue weighted by Gasteiger charge is -2.14. The van der Waals surface area contributed by atoms with Crippen LogP contribution in [0.5, 0.6) is 5.75 Å². The molecule has 0 saturated carbocycles. The van der Waals surface area contributed by atoms with E-state index in [1.807, 2.05) is 31.2 Å². The van der Waals surface area contributed by atoms with Gasteiger partial charge >= 0.3 is 5.97 Å². The van der Waals surface area contributed by atoms with Crippen molar-refractivity contribution in [3.05, 3.63) is 54.0 Å². The Hall–Kier alpha value is -2.76. The minimum atomic E-state index is -0.596. The second-order valence-electron chi connectivity index (χ2n) is 4.65. The first kappa shape index (κ1) is 15.6. The number of rotatable bonds is 6. The molecule has 0 unspecified atom stereocenters. The van der Waals surface area contributed by atoms with Crippen LogP contribution in [0.15, 0.2) is 47.3 Å². The van der Waals surface area contributed by atoms with Crippen LogP contribution in [0, 0.1) is 0 Å². The number of carbonyl (C=O) groups is 2. The van der Waals surface area contributed by atoms with Gasteiger partial charge in [0.15, 0.2) is 6.61 Å². The van der Waals surface area contributed by atoms with Gasteiger partial charge in [-0.2, -0.15) is 0 Å². The Bertz CT molecular complexity index is 618. The Morgan fingerprint density at radius 1 is 1.23 bits per heavy atom. The number of ether oxygens (including phenoxy) is 2. The second kappa shape index (κ2) is 7.31. The molecule has 22 heavy (non-hydrogen) atoms. The summed E-state index contributed by atoms with van der Waals surface area (Å²) in [5, 5.41) is 2.75. The van der Waals surface area contributed by atoms with Crippen LogP contribution in [-0.4, -0.2) is 25.6 Å². The maximum atomic E-state index is 11.8. The lowest BCUT2D eigenvalue weighted by atomic mass is 10.1. The van der Waals surface area contributed by atoms with Gasteiger partial charge in [-0.1, -0.05) is 12.1 Å². The average Bonchev–Trinajstić information content (AvgIpc) is 3.07. The quantitative estimate of drug-likeness (QED) is 0.829. The molecule has 1 aromatic carbocycles. The molecule has 0 bridgehead atoms. The number of methoxy groups -OCH3 is 1. The highest BCUT2D eigenvalue weighted by Gasteiger charge is 2.13. The van der Waals surface area contributed by atoms with Crippen LogP contribution >= 0.6 is 0 Å². The molecule has 2 aromatic rings. The van der Waals surface area contributed by atoms with E-state index in [2.05, 4.69) is 5.32 Å². The SMILES string of the molecule is COc1ccc([C@@H](C)NC(=O)COC(=O)c2ccoc2)cc1. The molecule has 0 fully saturated rings. The number of hydrogen-bond donors (Lipinski definition) is 1. The number of nitrogens with one attached hydrogen (secondary N) is 1. The van der Waals surface area contributed by atoms with Crippen LogP contribution in [0.3, 0.4) is 0 Å². The van der Waals surface area contributed by atoms with Crippen molar-refractivity contribution < 1.29 is 23.5 Å². The summed E-state index contributed by atoms with van der Waals surface area (Å²) in [6.07, 6.45) is 2.63. The van der Waals surface area contributed by atoms with Crippen molar-refractivity contribution in [3.63, 3.8) is 0 Å². The van der Waals surface area contributed by atoms with Crippen molar-refractivity contribution in [2.45, 2.75) is 13.0 Å². The minimum Gasteiger partial charge on any atom is -0.497 e. The van der Waals surface area contributed by atoms with E-state index in [4.69, 9.17) is 13.9 Å². The van der Waals surface area contributed by atoms with E-state index in [9.17, 15) is 9.59 Å². The van der Waals surface area contributed by atoms with Crippen LogP contribution in [0.1, 0.15) is 28.9 Å². The van der Waals surface area contributed by atoms with Crippen molar-refractivity contribution in [2.75, 3.05) is 13.7 Å². The predicted octanol–water partition coefficient (Wildman–Crippen LogP) is 2.32. The largest absolute Gasteiger partial charge is 0.497 e. The maximum absolute atomic E-state index is 11.8. The fourth-order valence-electron chi connectivity index (χ4n) is 1.85. The van der Waals surface area contributed by atoms with Gasteiger partial charge in [0.1, 0.15) is 12.0 Å². The summed E-state index contributed by atoms with van der Waals surface area (Å²) in [6, 6.07) is 8.63. The summed E-state index contributed by atoms with van der Waals surface area (Å²) in [5.74, 6) is -0.225. The van der Waals surface area contributed by atoms with Gasteiger partial charge in [-0.05, 0) is 30.7 Å². The Labute approximate surface area is 128 Å². The van der Waals surface area contributed by atoms with Gasteiger partial charge in [-0.15, -0.1) is 0 Å². The molecule has 0 aliphatic heterocycles. The van der Waals surface area contributed by atoms with Crippen LogP contribution < -0.4 is 10.1 Å². The van der Waals surface area contributed by atoms with Crippen molar-refractivity contribution in [2.24, 2.45) is 0 Å². The molecule has 1 atom stereocenters. The number of benzene rings is 1. The standard InChI is InChI=1S/C16H17NO5/c1-11(12-3-5-14(20-2)6-4-12)17-15(18)10-22-16(19)13-7-8-21-9-13/h3-9,11H,10H2,1-2H3,(H,17,18)/t11-/m1/s1. The number of carbonyl (C=O) groups excluding carboxylic acids is 2. The molecule has 1 amide bonds. The third-order valence-corrected chi connectivity index (χ3v) is 3.08. The van der Waals surface area contributed by atoms with E-state index in [1.54, 1.807) is 7.11 Å². The molecule has 0 radical (unpaired) electrons. The molecule has 6 nitrogen and oxygen atoms in total. The zero-order valence-corrected chi connectivity index (χ0v) is 12.4. The molecular formula is C16H17NO5. The van der Waals surface area contributed by atoms with Gasteiger partial charge in [-0.25, -0.2) is 4.79 Å². The Morgan fingerprint density at radius 3 is 2.55 bits per heavy atom. The molecule has 1 heterocycles. The highest BCUT2D eigenvalue weighted by atomic mass is 16.5. The van der Waals surface area contributed by atoms with Crippen molar-refractivity contribution >= 4 is 11.9 Å². The smallest absolute Gasteiger partial charge is 0.341 e. The highest BCUT2D eigenvalue weighted by molar-refractivity contribution is 5.90. The third kappa shape index (κ3) is 4.12. The Kier molecular flexibility index (Phi) is 5.19. The third-order valence-electron chi connectivity index (χ3n) is 3.08. The number of amides is 1. The fourth-order valence-corrected chi connectivity index (χ4v) is 1.85. The van der Waals surface area contributed by atoms with Gasteiger partial charge in [0.05, 0.1) is 25.0 Å². The first-order chi connectivity index (χ1) is 10.6. The lowest BCUT2D eigenvalue weighted by Crippen LogP contribution is -2.31. The van der Waals surface area contributed by atoms with E-state index < -0.39 is 5.97 Å². The Morgan fingerprint density at radius 2 is 1.95 bits per heavy atom. The van der Waals surface area contributed by atoms with Gasteiger partial charge < -0.3 is 19.2 Å². The predicted molar refractivity (Wildman–Crippen MR) is 78.5 cm³/mol. The lowest BCUT2D eigenvalue weighted by molar-refractivity contribution is -0.124. The molecule has 0 aliphatic rings. The summed E-state index contributed by atoms with van der Waals surface area (Å²) in [4.78, 5) is 23.3. The topological polar surface area (TPSA) is 77.8 Å². The van der Waals surface area contributed by atoms with Crippen molar-refractivity contribution in [1.29, 1.82) is 0 Å². The molecule has 116 valence electrons. The van der Waals surface area contributed by atoms with Crippen molar-refractivity contribution in [3.8, 4) is 5.75 Å². The van der Waals surface area contributed by atoms with E-state index >= 15 is 0 Å². The monoisotopic (exact) mass is 303 g/mol. The molecule has 6 heteroatoms. The number of hydrogen-bond acceptors (Lipinski definition) is 5. The number of esters is 1. The summed E-state index contributed by atoms with van der Waals surface area (Å²) in [5.41, 5.74) is 1.20. The summed E-state index contributed by atoms with van der Waals surface area (Å²) in [7, 11) is 1.59. The van der Waals surface area contributed by atoms with Gasteiger partial charge in [0.2, 0.25) is 0 Å². The maximum Gasteiger partial charge on any atom is 0.341 e. The van der Waals surface area contributed by atoms with Crippen LogP contribution in [0.4, 0.5) is 0 Å². The average molecular weight is 303 g/mol. The van der Waals surface area contributed by atoms with E-state index in [0.717, 1.165) is 11.3 Å². The molecule has 1 N–H and O–H groups in total. The first-order valence-electron chi connectivity index (χ1n) is 6.73. The fraction of sp³-hybridized carbons (Fsp3) is 0.250. The molecule has 0 spiro atoms. The second-order valence-corrected chi connectivity index (χ2v) is 4.65. The van der Waals surface area contributed by atoms with Gasteiger partial charge in [0, 0.05) is 0 Å². The molecular weight excluding hydrogens is 286 g/mol. The summed E-state index contributed by atoms with van der Waals surface area (Å²) >= 11 is 0. The van der Waals surface area contributed by atoms with Crippen LogP contribution in [0.2, 0.25) is 0 Å². The zero-order chi connectivity index (χ0) is 15.9. The normalized spacial score (nSPS) is 11.5. The molecule has 1 aromatic heterocycles. The molecule has 2 rings (SSSR count). The van der Waals surface area contributed by atoms with E-state index in [1.165, 1.54) is 18.6 Å². The zero-order valence-electron chi connectivity index (χ0n) is 12.4. The minimum absolute atomic E-state index is 0.203. The highest BCUT2D eigenvalue weighted by Crippen LogP contribution is 2.17. The molecule has 0 aliphatic carbocycles. The van der Waals surface area contributed by atoms with E-state index in [-0.39, 0.29) is 24.1 Å². The van der Waals surface area contributed by atoms with E-state index in [0.29, 0.717) is 0 Å². The first-order valence-corrected chi connectivity index (χ1v) is 6.73. The molecule has 0 saturated heterocycles. The van der Waals surface area contributed by atoms with Gasteiger partial charge in [-0.3, -0.25) is 4.79 Å². The summed E-state index contributed by atoms with van der Waals surface area (Å²) in [6.45, 7) is 1.50. The van der Waals surface area contributed by atoms with Crippen LogP contribution in [0.25, 0.3) is 0 Å². The van der Waals surface area contributed by atoms with Crippen molar-refractivity contribution in [1.82, 2.24) is 5.32 Å².